The molecule has 0 fully saturated rings. The van der Waals surface area contributed by atoms with E-state index in [1.807, 2.05) is 12.1 Å². The number of benzene rings is 1. The molecular weight excluding hydrogens is 284 g/mol. The number of hydrogen-bond acceptors (Lipinski definition) is 3. The molecule has 1 rings (SSSR count). The molecule has 2 amide bonds. The molecule has 6 nitrogen and oxygen atoms in total. The molecule has 20 heavy (non-hydrogen) atoms. The summed E-state index contributed by atoms with van der Waals surface area (Å²) in [6.45, 7) is 0.482. The van der Waals surface area contributed by atoms with Gasteiger partial charge in [0.05, 0.1) is 11.6 Å². The number of aliphatic carboxylic acids is 1. The van der Waals surface area contributed by atoms with Crippen LogP contribution in [0.4, 0.5) is 4.79 Å². The van der Waals surface area contributed by atoms with Gasteiger partial charge in [0.25, 0.3) is 0 Å². The number of urea groups is 1. The molecule has 1 aromatic carbocycles. The first kappa shape index (κ1) is 16.1. The minimum atomic E-state index is -1.08. The highest BCUT2D eigenvalue weighted by molar-refractivity contribution is 6.32. The Morgan fingerprint density at radius 2 is 2.10 bits per heavy atom. The average Bonchev–Trinajstić information content (AvgIpc) is 2.42. The van der Waals surface area contributed by atoms with Crippen molar-refractivity contribution in [1.29, 1.82) is 0 Å². The molecule has 0 unspecified atom stereocenters. The second-order valence-electron chi connectivity index (χ2n) is 4.11. The summed E-state index contributed by atoms with van der Waals surface area (Å²) in [5.41, 5.74) is 0. The minimum absolute atomic E-state index is 0.390. The van der Waals surface area contributed by atoms with Crippen molar-refractivity contribution in [3.63, 3.8) is 0 Å². The predicted octanol–water partition coefficient (Wildman–Crippen LogP) is 1.83. The van der Waals surface area contributed by atoms with Crippen LogP contribution in [0, 0.1) is 0 Å². The molecule has 0 aliphatic rings. The largest absolute Gasteiger partial charge is 0.492 e. The van der Waals surface area contributed by atoms with Gasteiger partial charge in [-0.1, -0.05) is 23.7 Å². The van der Waals surface area contributed by atoms with Crippen LogP contribution >= 0.6 is 11.6 Å². The summed E-state index contributed by atoms with van der Waals surface area (Å²) in [6, 6.07) is 6.72. The Morgan fingerprint density at radius 1 is 1.40 bits per heavy atom. The van der Waals surface area contributed by atoms with E-state index in [1.165, 1.54) is 4.90 Å². The topological polar surface area (TPSA) is 78.9 Å². The average molecular weight is 301 g/mol. The summed E-state index contributed by atoms with van der Waals surface area (Å²) in [4.78, 5) is 23.2. The molecule has 0 saturated carbocycles. The van der Waals surface area contributed by atoms with E-state index >= 15 is 0 Å². The van der Waals surface area contributed by atoms with Gasteiger partial charge in [-0.15, -0.1) is 0 Å². The zero-order valence-electron chi connectivity index (χ0n) is 11.1. The first-order valence-corrected chi connectivity index (χ1v) is 6.46. The number of para-hydroxylation sites is 1. The number of carboxylic acid groups (broad SMARTS) is 1. The molecule has 1 aromatic rings. The lowest BCUT2D eigenvalue weighted by molar-refractivity contribution is -0.135. The van der Waals surface area contributed by atoms with Gasteiger partial charge in [0.2, 0.25) is 0 Å². The fraction of sp³-hybridized carbons (Fsp3) is 0.385. The second kappa shape index (κ2) is 8.27. The quantitative estimate of drug-likeness (QED) is 0.753. The van der Waals surface area contributed by atoms with Crippen LogP contribution in [-0.4, -0.2) is 48.8 Å². The molecule has 0 bridgehead atoms. The highest BCUT2D eigenvalue weighted by atomic mass is 35.5. The van der Waals surface area contributed by atoms with Gasteiger partial charge in [0.15, 0.2) is 0 Å². The van der Waals surface area contributed by atoms with Gasteiger partial charge in [-0.05, 0) is 18.6 Å². The molecule has 0 radical (unpaired) electrons. The molecule has 7 heteroatoms. The van der Waals surface area contributed by atoms with E-state index < -0.39 is 12.0 Å². The van der Waals surface area contributed by atoms with Crippen molar-refractivity contribution in [3.05, 3.63) is 29.3 Å². The van der Waals surface area contributed by atoms with Gasteiger partial charge in [-0.25, -0.2) is 4.79 Å². The third-order valence-electron chi connectivity index (χ3n) is 2.47. The molecular formula is C13H17ClN2O4. The van der Waals surface area contributed by atoms with Crippen LogP contribution in [0.5, 0.6) is 5.75 Å². The fourth-order valence-electron chi connectivity index (χ4n) is 1.43. The van der Waals surface area contributed by atoms with Crippen molar-refractivity contribution < 1.29 is 19.4 Å². The Bertz CT molecular complexity index is 467. The van der Waals surface area contributed by atoms with E-state index in [2.05, 4.69) is 5.32 Å². The van der Waals surface area contributed by atoms with Crippen LogP contribution in [0.15, 0.2) is 24.3 Å². The highest BCUT2D eigenvalue weighted by Crippen LogP contribution is 2.22. The van der Waals surface area contributed by atoms with Crippen LogP contribution in [0.25, 0.3) is 0 Å². The van der Waals surface area contributed by atoms with E-state index in [-0.39, 0.29) is 6.54 Å². The minimum Gasteiger partial charge on any atom is -0.492 e. The SMILES string of the molecule is CN(CCCOc1ccccc1Cl)C(=O)NCC(=O)O. The number of ether oxygens (including phenoxy) is 1. The van der Waals surface area contributed by atoms with Crippen molar-refractivity contribution in [2.45, 2.75) is 6.42 Å². The molecule has 0 atom stereocenters. The fourth-order valence-corrected chi connectivity index (χ4v) is 1.62. The number of rotatable bonds is 7. The van der Waals surface area contributed by atoms with Crippen LogP contribution < -0.4 is 10.1 Å². The zero-order valence-corrected chi connectivity index (χ0v) is 11.9. The number of halogens is 1. The number of nitrogens with one attached hydrogen (secondary N) is 1. The summed E-state index contributed by atoms with van der Waals surface area (Å²) in [5, 5.41) is 11.3. The van der Waals surface area contributed by atoms with Gasteiger partial charge in [0.1, 0.15) is 12.3 Å². The Morgan fingerprint density at radius 3 is 2.75 bits per heavy atom. The highest BCUT2D eigenvalue weighted by Gasteiger charge is 2.09. The third kappa shape index (κ3) is 5.79. The summed E-state index contributed by atoms with van der Waals surface area (Å²) in [6.07, 6.45) is 0.613. The summed E-state index contributed by atoms with van der Waals surface area (Å²) < 4.78 is 5.48. The zero-order chi connectivity index (χ0) is 15.0. The van der Waals surface area contributed by atoms with Gasteiger partial charge < -0.3 is 20.1 Å². The maximum atomic E-state index is 11.5. The number of carboxylic acids is 1. The number of hydrogen-bond donors (Lipinski definition) is 2. The number of nitrogens with zero attached hydrogens (tertiary/aromatic N) is 1. The number of carbonyl (C=O) groups excluding carboxylic acids is 1. The predicted molar refractivity (Wildman–Crippen MR) is 75.2 cm³/mol. The Hall–Kier alpha value is -1.95. The van der Waals surface area contributed by atoms with Crippen LogP contribution in [0.1, 0.15) is 6.42 Å². The molecule has 0 heterocycles. The van der Waals surface area contributed by atoms with Gasteiger partial charge in [0, 0.05) is 13.6 Å². The van der Waals surface area contributed by atoms with Gasteiger partial charge in [-0.3, -0.25) is 4.79 Å². The lowest BCUT2D eigenvalue weighted by Crippen LogP contribution is -2.40. The van der Waals surface area contributed by atoms with E-state index in [0.29, 0.717) is 30.3 Å². The number of amides is 2. The molecule has 110 valence electrons. The molecule has 2 N–H and O–H groups in total. The van der Waals surface area contributed by atoms with E-state index in [1.54, 1.807) is 19.2 Å². The first-order valence-electron chi connectivity index (χ1n) is 6.09. The first-order chi connectivity index (χ1) is 9.50. The Kier molecular flexibility index (Phi) is 6.66. The van der Waals surface area contributed by atoms with Crippen LogP contribution in [0.2, 0.25) is 5.02 Å². The van der Waals surface area contributed by atoms with Crippen molar-refractivity contribution in [1.82, 2.24) is 10.2 Å². The van der Waals surface area contributed by atoms with E-state index in [4.69, 9.17) is 21.4 Å². The summed E-state index contributed by atoms with van der Waals surface area (Å²) in [7, 11) is 1.59. The van der Waals surface area contributed by atoms with Gasteiger partial charge >= 0.3 is 12.0 Å². The van der Waals surface area contributed by atoms with Crippen LogP contribution in [0.3, 0.4) is 0 Å². The maximum Gasteiger partial charge on any atom is 0.323 e. The normalized spacial score (nSPS) is 9.90. The lowest BCUT2D eigenvalue weighted by Gasteiger charge is -2.17. The standard InChI is InChI=1S/C13H17ClN2O4/c1-16(13(19)15-9-12(17)18)7-4-8-20-11-6-3-2-5-10(11)14/h2-3,5-6H,4,7-9H2,1H3,(H,15,19)(H,17,18). The van der Waals surface area contributed by atoms with Crippen molar-refractivity contribution in [3.8, 4) is 5.75 Å². The molecule has 0 aromatic heterocycles. The van der Waals surface area contributed by atoms with Gasteiger partial charge in [-0.2, -0.15) is 0 Å². The van der Waals surface area contributed by atoms with E-state index in [0.717, 1.165) is 0 Å². The molecule has 0 saturated heterocycles. The van der Waals surface area contributed by atoms with Crippen LogP contribution in [-0.2, 0) is 4.79 Å². The maximum absolute atomic E-state index is 11.5. The Labute approximate surface area is 122 Å². The summed E-state index contributed by atoms with van der Waals surface area (Å²) >= 11 is 5.93. The van der Waals surface area contributed by atoms with E-state index in [9.17, 15) is 9.59 Å². The molecule has 0 spiro atoms. The second-order valence-corrected chi connectivity index (χ2v) is 4.51. The number of carbonyl (C=O) groups is 2. The Balaban J connectivity index is 2.22. The smallest absolute Gasteiger partial charge is 0.323 e. The molecule has 0 aliphatic carbocycles. The van der Waals surface area contributed by atoms with Crippen molar-refractivity contribution in [2.24, 2.45) is 0 Å². The lowest BCUT2D eigenvalue weighted by atomic mass is 10.3. The molecule has 0 aliphatic heterocycles. The third-order valence-corrected chi connectivity index (χ3v) is 2.78. The van der Waals surface area contributed by atoms with Crippen molar-refractivity contribution >= 4 is 23.6 Å². The summed E-state index contributed by atoms with van der Waals surface area (Å²) in [5.74, 6) is -0.471. The van der Waals surface area contributed by atoms with Crippen molar-refractivity contribution in [2.75, 3.05) is 26.7 Å². The monoisotopic (exact) mass is 300 g/mol.